The molecule has 5 nitrogen and oxygen atoms in total. The van der Waals surface area contributed by atoms with Crippen LogP contribution in [0.5, 0.6) is 0 Å². The van der Waals surface area contributed by atoms with E-state index < -0.39 is 11.9 Å². The van der Waals surface area contributed by atoms with Crippen molar-refractivity contribution in [3.05, 3.63) is 47.6 Å². The maximum Gasteiger partial charge on any atom is 0.305 e. The third kappa shape index (κ3) is 1.82. The van der Waals surface area contributed by atoms with Gasteiger partial charge in [0.25, 0.3) is 5.91 Å². The molecule has 2 amide bonds. The number of carbonyl (C=O) groups excluding carboxylic acids is 2. The second-order valence-electron chi connectivity index (χ2n) is 4.97. The zero-order valence-electron chi connectivity index (χ0n) is 10.7. The van der Waals surface area contributed by atoms with Gasteiger partial charge in [0, 0.05) is 18.0 Å². The van der Waals surface area contributed by atoms with Crippen LogP contribution < -0.4 is 0 Å². The SMILES string of the molecule is O=C(O)CCN1C(=O)C2=CC=CC3=CC=C[C@@H](C1=O)[C@H]32. The topological polar surface area (TPSA) is 74.7 Å². The van der Waals surface area contributed by atoms with E-state index in [0.717, 1.165) is 10.5 Å². The monoisotopic (exact) mass is 271 g/mol. The number of carboxylic acids is 1. The maximum absolute atomic E-state index is 12.4. The largest absolute Gasteiger partial charge is 0.481 e. The van der Waals surface area contributed by atoms with Crippen molar-refractivity contribution in [3.8, 4) is 0 Å². The fraction of sp³-hybridized carbons (Fsp3) is 0.267. The Bertz CT molecular complexity index is 624. The van der Waals surface area contributed by atoms with Crippen molar-refractivity contribution < 1.29 is 19.5 Å². The molecule has 2 atom stereocenters. The number of allylic oxidation sites excluding steroid dienone is 6. The van der Waals surface area contributed by atoms with E-state index in [1.807, 2.05) is 18.2 Å². The lowest BCUT2D eigenvalue weighted by molar-refractivity contribution is -0.149. The number of amides is 2. The first-order valence-electron chi connectivity index (χ1n) is 6.44. The van der Waals surface area contributed by atoms with E-state index in [1.54, 1.807) is 18.2 Å². The molecule has 0 spiro atoms. The Morgan fingerprint density at radius 2 is 2.05 bits per heavy atom. The van der Waals surface area contributed by atoms with Gasteiger partial charge in [0.05, 0.1) is 12.3 Å². The molecule has 3 rings (SSSR count). The number of piperidine rings is 1. The molecule has 1 fully saturated rings. The number of nitrogens with zero attached hydrogens (tertiary/aromatic N) is 1. The van der Waals surface area contributed by atoms with Crippen molar-refractivity contribution in [1.82, 2.24) is 4.90 Å². The van der Waals surface area contributed by atoms with Crippen molar-refractivity contribution in [1.29, 1.82) is 0 Å². The first-order valence-corrected chi connectivity index (χ1v) is 6.44. The molecule has 0 radical (unpaired) electrons. The molecule has 5 heteroatoms. The smallest absolute Gasteiger partial charge is 0.305 e. The Labute approximate surface area is 115 Å². The van der Waals surface area contributed by atoms with Crippen molar-refractivity contribution in [3.63, 3.8) is 0 Å². The Morgan fingerprint density at radius 1 is 1.25 bits per heavy atom. The zero-order valence-corrected chi connectivity index (χ0v) is 10.7. The lowest BCUT2D eigenvalue weighted by atomic mass is 9.71. The van der Waals surface area contributed by atoms with Crippen LogP contribution >= 0.6 is 0 Å². The van der Waals surface area contributed by atoms with E-state index >= 15 is 0 Å². The van der Waals surface area contributed by atoms with Gasteiger partial charge in [-0.2, -0.15) is 0 Å². The summed E-state index contributed by atoms with van der Waals surface area (Å²) in [5.41, 5.74) is 1.52. The molecule has 0 bridgehead atoms. The van der Waals surface area contributed by atoms with Crippen LogP contribution in [-0.4, -0.2) is 34.3 Å². The van der Waals surface area contributed by atoms with Gasteiger partial charge in [-0.05, 0) is 5.57 Å². The molecule has 102 valence electrons. The minimum atomic E-state index is -1.02. The Balaban J connectivity index is 1.96. The van der Waals surface area contributed by atoms with Gasteiger partial charge in [0.15, 0.2) is 0 Å². The molecule has 1 aliphatic heterocycles. The molecule has 1 heterocycles. The average molecular weight is 271 g/mol. The van der Waals surface area contributed by atoms with Gasteiger partial charge in [0.2, 0.25) is 5.91 Å². The highest BCUT2D eigenvalue weighted by atomic mass is 16.4. The molecule has 20 heavy (non-hydrogen) atoms. The van der Waals surface area contributed by atoms with Crippen LogP contribution in [0.3, 0.4) is 0 Å². The first kappa shape index (κ1) is 12.6. The summed E-state index contributed by atoms with van der Waals surface area (Å²) in [6, 6.07) is 0. The highest BCUT2D eigenvalue weighted by Crippen LogP contribution is 2.41. The molecule has 2 aliphatic carbocycles. The summed E-state index contributed by atoms with van der Waals surface area (Å²) >= 11 is 0. The molecular weight excluding hydrogens is 258 g/mol. The third-order valence-corrected chi connectivity index (χ3v) is 3.82. The molecule has 1 N–H and O–H groups in total. The minimum absolute atomic E-state index is 0.0792. The number of rotatable bonds is 3. The standard InChI is InChI=1S/C15H13NO4/c17-12(18)7-8-16-14(19)10-5-1-3-9-4-2-6-11(13(9)10)15(16)20/h1-6,10,13H,7-8H2,(H,17,18)/t10-,13+/m1/s1. The van der Waals surface area contributed by atoms with E-state index in [4.69, 9.17) is 5.11 Å². The van der Waals surface area contributed by atoms with Crippen LogP contribution in [0.4, 0.5) is 0 Å². The van der Waals surface area contributed by atoms with E-state index in [2.05, 4.69) is 0 Å². The molecule has 0 aromatic heterocycles. The molecule has 0 unspecified atom stereocenters. The van der Waals surface area contributed by atoms with Crippen LogP contribution in [-0.2, 0) is 14.4 Å². The van der Waals surface area contributed by atoms with Gasteiger partial charge in [-0.25, -0.2) is 0 Å². The van der Waals surface area contributed by atoms with Gasteiger partial charge >= 0.3 is 5.97 Å². The maximum atomic E-state index is 12.4. The second-order valence-corrected chi connectivity index (χ2v) is 4.97. The van der Waals surface area contributed by atoms with Crippen molar-refractivity contribution in [2.45, 2.75) is 6.42 Å². The normalized spacial score (nSPS) is 27.1. The number of hydrogen-bond donors (Lipinski definition) is 1. The van der Waals surface area contributed by atoms with E-state index in [0.29, 0.717) is 5.57 Å². The Hall–Kier alpha value is -2.43. The van der Waals surface area contributed by atoms with Crippen LogP contribution in [0.2, 0.25) is 0 Å². The molecule has 1 saturated heterocycles. The number of hydrogen-bond acceptors (Lipinski definition) is 3. The second kappa shape index (κ2) is 4.59. The van der Waals surface area contributed by atoms with Gasteiger partial charge in [-0.15, -0.1) is 0 Å². The van der Waals surface area contributed by atoms with Crippen molar-refractivity contribution >= 4 is 17.8 Å². The fourth-order valence-electron chi connectivity index (χ4n) is 2.89. The van der Waals surface area contributed by atoms with Crippen molar-refractivity contribution in [2.75, 3.05) is 6.54 Å². The zero-order chi connectivity index (χ0) is 14.3. The molecule has 0 aromatic carbocycles. The summed E-state index contributed by atoms with van der Waals surface area (Å²) in [6.07, 6.45) is 10.7. The molecule has 3 aliphatic rings. The molecule has 0 saturated carbocycles. The number of carboxylic acid groups (broad SMARTS) is 1. The Morgan fingerprint density at radius 3 is 2.80 bits per heavy atom. The van der Waals surface area contributed by atoms with Gasteiger partial charge in [-0.1, -0.05) is 36.5 Å². The van der Waals surface area contributed by atoms with Crippen LogP contribution in [0.15, 0.2) is 47.6 Å². The first-order chi connectivity index (χ1) is 9.59. The minimum Gasteiger partial charge on any atom is -0.481 e. The number of aliphatic carboxylic acids is 1. The fourth-order valence-corrected chi connectivity index (χ4v) is 2.89. The average Bonchev–Trinajstić information content (AvgIpc) is 2.44. The van der Waals surface area contributed by atoms with E-state index in [1.165, 1.54) is 0 Å². The Kier molecular flexibility index (Phi) is 2.89. The summed E-state index contributed by atoms with van der Waals surface area (Å²) in [7, 11) is 0. The lowest BCUT2D eigenvalue weighted by Crippen LogP contribution is -2.51. The summed E-state index contributed by atoms with van der Waals surface area (Å²) in [4.78, 5) is 36.5. The third-order valence-electron chi connectivity index (χ3n) is 3.82. The quantitative estimate of drug-likeness (QED) is 0.779. The van der Waals surface area contributed by atoms with E-state index in [-0.39, 0.29) is 30.7 Å². The summed E-state index contributed by atoms with van der Waals surface area (Å²) in [5, 5.41) is 8.73. The van der Waals surface area contributed by atoms with Gasteiger partial charge < -0.3 is 5.11 Å². The highest BCUT2D eigenvalue weighted by Gasteiger charge is 2.45. The summed E-state index contributed by atoms with van der Waals surface area (Å²) < 4.78 is 0. The van der Waals surface area contributed by atoms with Crippen LogP contribution in [0, 0.1) is 11.8 Å². The summed E-state index contributed by atoms with van der Waals surface area (Å²) in [6.45, 7) is -0.0792. The number of carbonyl (C=O) groups is 3. The predicted molar refractivity (Wildman–Crippen MR) is 70.4 cm³/mol. The highest BCUT2D eigenvalue weighted by molar-refractivity contribution is 6.10. The van der Waals surface area contributed by atoms with Gasteiger partial charge in [-0.3, -0.25) is 19.3 Å². The van der Waals surface area contributed by atoms with Gasteiger partial charge in [0.1, 0.15) is 0 Å². The van der Waals surface area contributed by atoms with E-state index in [9.17, 15) is 14.4 Å². The lowest BCUT2D eigenvalue weighted by Gasteiger charge is -2.39. The van der Waals surface area contributed by atoms with Crippen LogP contribution in [0.1, 0.15) is 6.42 Å². The van der Waals surface area contributed by atoms with Crippen molar-refractivity contribution in [2.24, 2.45) is 11.8 Å². The predicted octanol–water partition coefficient (Wildman–Crippen LogP) is 1.05. The number of imide groups is 1. The molecular formula is C15H13NO4. The summed E-state index contributed by atoms with van der Waals surface area (Å²) in [5.74, 6) is -2.33. The number of likely N-dealkylation sites (tertiary alicyclic amines) is 1. The van der Waals surface area contributed by atoms with Crippen LogP contribution in [0.25, 0.3) is 0 Å². The molecule has 0 aromatic rings.